The lowest BCUT2D eigenvalue weighted by Crippen LogP contribution is -2.46. The SMILES string of the molecule is CC(C)[C@H](N)C(=O)N1CCC2(CCC2)C1. The van der Waals surface area contributed by atoms with Gasteiger partial charge in [0.15, 0.2) is 0 Å². The van der Waals surface area contributed by atoms with Crippen LogP contribution >= 0.6 is 0 Å². The van der Waals surface area contributed by atoms with Crippen LogP contribution in [0.25, 0.3) is 0 Å². The fraction of sp³-hybridized carbons (Fsp3) is 0.917. The highest BCUT2D eigenvalue weighted by Crippen LogP contribution is 2.48. The fourth-order valence-electron chi connectivity index (χ4n) is 2.70. The molecule has 0 bridgehead atoms. The third kappa shape index (κ3) is 1.89. The van der Waals surface area contributed by atoms with Gasteiger partial charge in [0.25, 0.3) is 0 Å². The summed E-state index contributed by atoms with van der Waals surface area (Å²) in [5.41, 5.74) is 6.39. The third-order valence-corrected chi connectivity index (χ3v) is 4.17. The maximum absolute atomic E-state index is 12.0. The van der Waals surface area contributed by atoms with Gasteiger partial charge in [-0.1, -0.05) is 20.3 Å². The Kier molecular flexibility index (Phi) is 2.75. The second-order valence-corrected chi connectivity index (χ2v) is 5.63. The summed E-state index contributed by atoms with van der Waals surface area (Å²) in [5, 5.41) is 0. The van der Waals surface area contributed by atoms with Crippen molar-refractivity contribution in [3.05, 3.63) is 0 Å². The first kappa shape index (κ1) is 10.9. The molecule has 1 saturated carbocycles. The molecule has 15 heavy (non-hydrogen) atoms. The Morgan fingerprint density at radius 1 is 1.33 bits per heavy atom. The van der Waals surface area contributed by atoms with Crippen molar-refractivity contribution >= 4 is 5.91 Å². The molecule has 2 N–H and O–H groups in total. The minimum atomic E-state index is -0.305. The average Bonchev–Trinajstić information content (AvgIpc) is 2.59. The Labute approximate surface area is 92.0 Å². The van der Waals surface area contributed by atoms with Crippen molar-refractivity contribution in [2.24, 2.45) is 17.1 Å². The van der Waals surface area contributed by atoms with E-state index in [0.29, 0.717) is 5.41 Å². The molecule has 2 aliphatic rings. The molecule has 1 saturated heterocycles. The van der Waals surface area contributed by atoms with Gasteiger partial charge in [-0.25, -0.2) is 0 Å². The van der Waals surface area contributed by atoms with Crippen molar-refractivity contribution in [2.45, 2.75) is 45.6 Å². The highest BCUT2D eigenvalue weighted by molar-refractivity contribution is 5.82. The van der Waals surface area contributed by atoms with Gasteiger partial charge < -0.3 is 10.6 Å². The molecule has 1 atom stereocenters. The summed E-state index contributed by atoms with van der Waals surface area (Å²) in [4.78, 5) is 14.0. The maximum Gasteiger partial charge on any atom is 0.239 e. The Morgan fingerprint density at radius 3 is 2.40 bits per heavy atom. The van der Waals surface area contributed by atoms with Crippen LogP contribution in [-0.2, 0) is 4.79 Å². The van der Waals surface area contributed by atoms with E-state index in [2.05, 4.69) is 0 Å². The molecular formula is C12H22N2O. The van der Waals surface area contributed by atoms with E-state index in [1.54, 1.807) is 0 Å². The van der Waals surface area contributed by atoms with Gasteiger partial charge in [0.05, 0.1) is 6.04 Å². The standard InChI is InChI=1S/C12H22N2O/c1-9(2)10(13)11(15)14-7-6-12(8-14)4-3-5-12/h9-10H,3-8,13H2,1-2H3/t10-/m0/s1. The van der Waals surface area contributed by atoms with Crippen molar-refractivity contribution in [3.8, 4) is 0 Å². The molecule has 1 spiro atoms. The zero-order valence-corrected chi connectivity index (χ0v) is 9.83. The van der Waals surface area contributed by atoms with E-state index in [1.807, 2.05) is 18.7 Å². The molecule has 1 heterocycles. The first-order chi connectivity index (χ1) is 7.04. The largest absolute Gasteiger partial charge is 0.341 e. The number of likely N-dealkylation sites (tertiary alicyclic amines) is 1. The molecule has 0 radical (unpaired) electrons. The van der Waals surface area contributed by atoms with Crippen LogP contribution in [0.4, 0.5) is 0 Å². The number of carbonyl (C=O) groups excluding carboxylic acids is 1. The maximum atomic E-state index is 12.0. The molecule has 1 aliphatic carbocycles. The topological polar surface area (TPSA) is 46.3 Å². The van der Waals surface area contributed by atoms with Crippen LogP contribution in [0, 0.1) is 11.3 Å². The molecule has 86 valence electrons. The zero-order chi connectivity index (χ0) is 11.1. The molecular weight excluding hydrogens is 188 g/mol. The van der Waals surface area contributed by atoms with E-state index in [-0.39, 0.29) is 17.9 Å². The molecule has 2 fully saturated rings. The quantitative estimate of drug-likeness (QED) is 0.748. The van der Waals surface area contributed by atoms with E-state index in [1.165, 1.54) is 25.7 Å². The summed E-state index contributed by atoms with van der Waals surface area (Å²) in [5.74, 6) is 0.407. The van der Waals surface area contributed by atoms with Crippen LogP contribution in [0.5, 0.6) is 0 Å². The highest BCUT2D eigenvalue weighted by atomic mass is 16.2. The Balaban J connectivity index is 1.93. The number of carbonyl (C=O) groups is 1. The number of amides is 1. The van der Waals surface area contributed by atoms with E-state index in [9.17, 15) is 4.79 Å². The Morgan fingerprint density at radius 2 is 2.00 bits per heavy atom. The fourth-order valence-corrected chi connectivity index (χ4v) is 2.70. The summed E-state index contributed by atoms with van der Waals surface area (Å²) >= 11 is 0. The van der Waals surface area contributed by atoms with Crippen molar-refractivity contribution in [3.63, 3.8) is 0 Å². The first-order valence-electron chi connectivity index (χ1n) is 6.08. The van der Waals surface area contributed by atoms with Gasteiger partial charge in [-0.2, -0.15) is 0 Å². The summed E-state index contributed by atoms with van der Waals surface area (Å²) in [6, 6.07) is -0.305. The number of nitrogens with zero attached hydrogens (tertiary/aromatic N) is 1. The summed E-state index contributed by atoms with van der Waals surface area (Å²) in [6.45, 7) is 5.92. The lowest BCUT2D eigenvalue weighted by atomic mass is 9.68. The highest BCUT2D eigenvalue weighted by Gasteiger charge is 2.44. The molecule has 2 rings (SSSR count). The molecule has 0 aromatic rings. The van der Waals surface area contributed by atoms with Crippen molar-refractivity contribution in [1.82, 2.24) is 4.90 Å². The number of rotatable bonds is 2. The van der Waals surface area contributed by atoms with E-state index >= 15 is 0 Å². The summed E-state index contributed by atoms with van der Waals surface area (Å²) in [6.07, 6.45) is 5.17. The van der Waals surface area contributed by atoms with Gasteiger partial charge in [0, 0.05) is 13.1 Å². The predicted octanol–water partition coefficient (Wildman–Crippen LogP) is 1.37. The van der Waals surface area contributed by atoms with Crippen LogP contribution in [0.2, 0.25) is 0 Å². The molecule has 0 aromatic heterocycles. The van der Waals surface area contributed by atoms with Gasteiger partial charge >= 0.3 is 0 Å². The number of hydrogen-bond acceptors (Lipinski definition) is 2. The molecule has 3 heteroatoms. The van der Waals surface area contributed by atoms with E-state index in [4.69, 9.17) is 5.73 Å². The summed E-state index contributed by atoms with van der Waals surface area (Å²) in [7, 11) is 0. The smallest absolute Gasteiger partial charge is 0.239 e. The van der Waals surface area contributed by atoms with Crippen LogP contribution in [0.3, 0.4) is 0 Å². The molecule has 1 aliphatic heterocycles. The van der Waals surface area contributed by atoms with Crippen molar-refractivity contribution < 1.29 is 4.79 Å². The van der Waals surface area contributed by atoms with Gasteiger partial charge in [-0.05, 0) is 30.6 Å². The van der Waals surface area contributed by atoms with Gasteiger partial charge in [-0.3, -0.25) is 4.79 Å². The molecule has 0 aromatic carbocycles. The predicted molar refractivity (Wildman–Crippen MR) is 60.3 cm³/mol. The zero-order valence-electron chi connectivity index (χ0n) is 9.83. The van der Waals surface area contributed by atoms with E-state index < -0.39 is 0 Å². The third-order valence-electron chi connectivity index (χ3n) is 4.17. The normalized spacial score (nSPS) is 25.7. The van der Waals surface area contributed by atoms with Crippen molar-refractivity contribution in [1.29, 1.82) is 0 Å². The lowest BCUT2D eigenvalue weighted by Gasteiger charge is -2.38. The molecule has 3 nitrogen and oxygen atoms in total. The van der Waals surface area contributed by atoms with Crippen molar-refractivity contribution in [2.75, 3.05) is 13.1 Å². The summed E-state index contributed by atoms with van der Waals surface area (Å²) < 4.78 is 0. The minimum Gasteiger partial charge on any atom is -0.341 e. The van der Waals surface area contributed by atoms with Crippen LogP contribution in [0.15, 0.2) is 0 Å². The van der Waals surface area contributed by atoms with Crippen LogP contribution < -0.4 is 5.73 Å². The second kappa shape index (κ2) is 3.78. The van der Waals surface area contributed by atoms with Gasteiger partial charge in [0.2, 0.25) is 5.91 Å². The molecule has 1 amide bonds. The number of nitrogens with two attached hydrogens (primary N) is 1. The second-order valence-electron chi connectivity index (χ2n) is 5.63. The van der Waals surface area contributed by atoms with E-state index in [0.717, 1.165) is 13.1 Å². The van der Waals surface area contributed by atoms with Crippen LogP contribution in [0.1, 0.15) is 39.5 Å². The minimum absolute atomic E-state index is 0.161. The Hall–Kier alpha value is -0.570. The monoisotopic (exact) mass is 210 g/mol. The van der Waals surface area contributed by atoms with Gasteiger partial charge in [0.1, 0.15) is 0 Å². The lowest BCUT2D eigenvalue weighted by molar-refractivity contribution is -0.133. The van der Waals surface area contributed by atoms with Crippen LogP contribution in [-0.4, -0.2) is 29.9 Å². The number of hydrogen-bond donors (Lipinski definition) is 1. The Bertz CT molecular complexity index is 258. The first-order valence-corrected chi connectivity index (χ1v) is 6.08. The van der Waals surface area contributed by atoms with Gasteiger partial charge in [-0.15, -0.1) is 0 Å². The molecule has 0 unspecified atom stereocenters. The average molecular weight is 210 g/mol.